The highest BCUT2D eigenvalue weighted by Crippen LogP contribution is 2.56. The van der Waals surface area contributed by atoms with Crippen molar-refractivity contribution in [3.63, 3.8) is 0 Å². The van der Waals surface area contributed by atoms with E-state index in [9.17, 15) is 0 Å². The quantitative estimate of drug-likeness (QED) is 0.703. The number of rotatable bonds is 0. The van der Waals surface area contributed by atoms with Crippen molar-refractivity contribution in [2.24, 2.45) is 5.84 Å². The van der Waals surface area contributed by atoms with E-state index in [0.29, 0.717) is 0 Å². The highest BCUT2D eigenvalue weighted by molar-refractivity contribution is 5.67. The minimum Gasteiger partial charge on any atom is -0.304 e. The summed E-state index contributed by atoms with van der Waals surface area (Å²) in [5, 5.41) is 2.08. The number of anilines is 1. The molecule has 1 fully saturated rings. The molecule has 2 nitrogen and oxygen atoms in total. The lowest BCUT2D eigenvalue weighted by atomic mass is 9.66. The van der Waals surface area contributed by atoms with E-state index in [1.165, 1.54) is 48.9 Å². The van der Waals surface area contributed by atoms with Crippen LogP contribution < -0.4 is 10.9 Å². The normalized spacial score (nSPS) is 32.6. The van der Waals surface area contributed by atoms with Crippen LogP contribution in [0.15, 0.2) is 18.2 Å². The van der Waals surface area contributed by atoms with Crippen molar-refractivity contribution in [2.75, 3.05) is 5.01 Å². The van der Waals surface area contributed by atoms with Crippen LogP contribution in [0.25, 0.3) is 0 Å². The Morgan fingerprint density at radius 2 is 1.71 bits per heavy atom. The standard InChI is InChI=1S/C19H30N2/c1-17(2,3)14-9-10-16-15(13-14)18(4)11-7-6-8-12-19(18,5)21(16)20/h9-10,13H,6-8,11-12,20H2,1-5H3. The molecule has 2 aliphatic rings. The molecule has 0 radical (unpaired) electrons. The molecule has 116 valence electrons. The molecule has 0 amide bonds. The van der Waals surface area contributed by atoms with Gasteiger partial charge < -0.3 is 5.01 Å². The van der Waals surface area contributed by atoms with Crippen LogP contribution >= 0.6 is 0 Å². The van der Waals surface area contributed by atoms with Crippen molar-refractivity contribution in [3.8, 4) is 0 Å². The Labute approximate surface area is 129 Å². The van der Waals surface area contributed by atoms with Crippen molar-refractivity contribution in [3.05, 3.63) is 29.3 Å². The summed E-state index contributed by atoms with van der Waals surface area (Å²) in [5.41, 5.74) is 4.56. The topological polar surface area (TPSA) is 29.3 Å². The molecule has 2 unspecified atom stereocenters. The summed E-state index contributed by atoms with van der Waals surface area (Å²) in [5.74, 6) is 6.58. The predicted octanol–water partition coefficient (Wildman–Crippen LogP) is 4.66. The van der Waals surface area contributed by atoms with Gasteiger partial charge in [-0.15, -0.1) is 0 Å². The molecule has 1 aliphatic heterocycles. The molecule has 21 heavy (non-hydrogen) atoms. The first-order valence-corrected chi connectivity index (χ1v) is 8.40. The minimum atomic E-state index is 0.0579. The van der Waals surface area contributed by atoms with Gasteiger partial charge in [-0.05, 0) is 42.4 Å². The summed E-state index contributed by atoms with van der Waals surface area (Å²) >= 11 is 0. The third-order valence-electron chi connectivity index (χ3n) is 6.28. The Morgan fingerprint density at radius 3 is 2.38 bits per heavy atom. The van der Waals surface area contributed by atoms with Crippen molar-refractivity contribution in [1.82, 2.24) is 0 Å². The average molecular weight is 286 g/mol. The van der Waals surface area contributed by atoms with E-state index in [4.69, 9.17) is 5.84 Å². The zero-order valence-corrected chi connectivity index (χ0v) is 14.3. The molecular formula is C19H30N2. The molecule has 3 rings (SSSR count). The lowest BCUT2D eigenvalue weighted by molar-refractivity contribution is 0.247. The molecule has 1 saturated carbocycles. The second-order valence-corrected chi connectivity index (χ2v) is 8.52. The second kappa shape index (κ2) is 4.49. The van der Waals surface area contributed by atoms with E-state index in [-0.39, 0.29) is 16.4 Å². The summed E-state index contributed by atoms with van der Waals surface area (Å²) < 4.78 is 0. The molecule has 0 spiro atoms. The number of nitrogens with two attached hydrogens (primary N) is 1. The molecule has 2 N–H and O–H groups in total. The summed E-state index contributed by atoms with van der Waals surface area (Å²) in [6.07, 6.45) is 6.39. The van der Waals surface area contributed by atoms with Gasteiger partial charge in [0.25, 0.3) is 0 Å². The fourth-order valence-electron chi connectivity index (χ4n) is 4.40. The molecule has 0 bridgehead atoms. The fraction of sp³-hybridized carbons (Fsp3) is 0.684. The first-order chi connectivity index (χ1) is 9.70. The maximum absolute atomic E-state index is 6.58. The van der Waals surface area contributed by atoms with Crippen molar-refractivity contribution in [1.29, 1.82) is 0 Å². The van der Waals surface area contributed by atoms with Crippen LogP contribution in [0.4, 0.5) is 5.69 Å². The van der Waals surface area contributed by atoms with Crippen LogP contribution in [0, 0.1) is 0 Å². The fourth-order valence-corrected chi connectivity index (χ4v) is 4.40. The lowest BCUT2D eigenvalue weighted by Gasteiger charge is -2.44. The van der Waals surface area contributed by atoms with Gasteiger partial charge in [-0.3, -0.25) is 0 Å². The average Bonchev–Trinajstić information content (AvgIpc) is 2.54. The summed E-state index contributed by atoms with van der Waals surface area (Å²) in [6.45, 7) is 11.7. The van der Waals surface area contributed by atoms with Crippen LogP contribution in [0.2, 0.25) is 0 Å². The Kier molecular flexibility index (Phi) is 3.18. The predicted molar refractivity (Wildman–Crippen MR) is 90.7 cm³/mol. The van der Waals surface area contributed by atoms with Gasteiger partial charge in [0.15, 0.2) is 0 Å². The van der Waals surface area contributed by atoms with Crippen LogP contribution in [0.1, 0.15) is 77.8 Å². The highest BCUT2D eigenvalue weighted by Gasteiger charge is 2.55. The van der Waals surface area contributed by atoms with E-state index in [1.54, 1.807) is 0 Å². The Morgan fingerprint density at radius 1 is 1.05 bits per heavy atom. The zero-order chi connectivity index (χ0) is 15.5. The van der Waals surface area contributed by atoms with Gasteiger partial charge >= 0.3 is 0 Å². The number of nitrogens with zero attached hydrogens (tertiary/aromatic N) is 1. The molecule has 0 aromatic heterocycles. The first-order valence-electron chi connectivity index (χ1n) is 8.40. The third-order valence-corrected chi connectivity index (χ3v) is 6.28. The van der Waals surface area contributed by atoms with Crippen LogP contribution in [0.3, 0.4) is 0 Å². The number of fused-ring (bicyclic) bond motifs is 3. The maximum atomic E-state index is 6.58. The van der Waals surface area contributed by atoms with Crippen LogP contribution in [0.5, 0.6) is 0 Å². The van der Waals surface area contributed by atoms with Crippen molar-refractivity contribution < 1.29 is 0 Å². The molecule has 2 heteroatoms. The molecule has 0 saturated heterocycles. The van der Waals surface area contributed by atoms with Gasteiger partial charge in [0.1, 0.15) is 0 Å². The molecule has 1 aromatic rings. The second-order valence-electron chi connectivity index (χ2n) is 8.52. The van der Waals surface area contributed by atoms with E-state index in [1.807, 2.05) is 0 Å². The molecule has 1 aliphatic carbocycles. The lowest BCUT2D eigenvalue weighted by Crippen LogP contribution is -2.57. The molecule has 1 aromatic carbocycles. The van der Waals surface area contributed by atoms with Crippen molar-refractivity contribution in [2.45, 2.75) is 83.1 Å². The largest absolute Gasteiger partial charge is 0.304 e. The van der Waals surface area contributed by atoms with Gasteiger partial charge in [0, 0.05) is 5.41 Å². The van der Waals surface area contributed by atoms with Crippen LogP contribution in [-0.2, 0) is 10.8 Å². The van der Waals surface area contributed by atoms with Gasteiger partial charge in [0.2, 0.25) is 0 Å². The van der Waals surface area contributed by atoms with Gasteiger partial charge in [-0.1, -0.05) is 59.1 Å². The SMILES string of the molecule is CC(C)(C)c1ccc2c(c1)C1(C)CCCCCC1(C)N2N. The summed E-state index contributed by atoms with van der Waals surface area (Å²) in [6, 6.07) is 6.95. The van der Waals surface area contributed by atoms with Crippen molar-refractivity contribution >= 4 is 5.69 Å². The van der Waals surface area contributed by atoms with Crippen LogP contribution in [-0.4, -0.2) is 5.54 Å². The Bertz CT molecular complexity index is 557. The number of hydrazine groups is 1. The number of hydrogen-bond acceptors (Lipinski definition) is 2. The summed E-state index contributed by atoms with van der Waals surface area (Å²) in [4.78, 5) is 0. The number of benzene rings is 1. The van der Waals surface area contributed by atoms with Gasteiger partial charge in [-0.2, -0.15) is 0 Å². The summed E-state index contributed by atoms with van der Waals surface area (Å²) in [7, 11) is 0. The maximum Gasteiger partial charge on any atom is 0.0627 e. The molecular weight excluding hydrogens is 256 g/mol. The smallest absolute Gasteiger partial charge is 0.0627 e. The Balaban J connectivity index is 2.18. The monoisotopic (exact) mass is 286 g/mol. The Hall–Kier alpha value is -1.02. The zero-order valence-electron chi connectivity index (χ0n) is 14.3. The number of hydrogen-bond donors (Lipinski definition) is 1. The van der Waals surface area contributed by atoms with Gasteiger partial charge in [-0.25, -0.2) is 5.84 Å². The van der Waals surface area contributed by atoms with Gasteiger partial charge in [0.05, 0.1) is 11.2 Å². The molecule has 1 heterocycles. The molecule has 2 atom stereocenters. The highest BCUT2D eigenvalue weighted by atomic mass is 15.5. The van der Waals surface area contributed by atoms with E-state index in [2.05, 4.69) is 57.8 Å². The third kappa shape index (κ3) is 1.95. The minimum absolute atomic E-state index is 0.0579. The van der Waals surface area contributed by atoms with E-state index in [0.717, 1.165) is 0 Å². The van der Waals surface area contributed by atoms with E-state index < -0.39 is 0 Å². The first kappa shape index (κ1) is 14.9. The van der Waals surface area contributed by atoms with E-state index >= 15 is 0 Å².